The Kier molecular flexibility index (Phi) is 4.18. The first-order valence-corrected chi connectivity index (χ1v) is 6.89. The van der Waals surface area contributed by atoms with Gasteiger partial charge in [-0.15, -0.1) is 11.6 Å². The van der Waals surface area contributed by atoms with Crippen LogP contribution in [0, 0.1) is 0 Å². The van der Waals surface area contributed by atoms with Crippen molar-refractivity contribution in [1.29, 1.82) is 0 Å². The number of hydrogen-bond donors (Lipinski definition) is 0. The zero-order valence-corrected chi connectivity index (χ0v) is 11.1. The first kappa shape index (κ1) is 13.3. The molecule has 2 rings (SSSR count). The normalized spacial score (nSPS) is 23.9. The SMILES string of the molecule is O=C(CCl)CC1(c2ccccc2)CCCCC1=O. The average molecular weight is 265 g/mol. The van der Waals surface area contributed by atoms with Crippen molar-refractivity contribution < 1.29 is 9.59 Å². The molecule has 1 aliphatic carbocycles. The van der Waals surface area contributed by atoms with Gasteiger partial charge in [0.05, 0.1) is 11.3 Å². The van der Waals surface area contributed by atoms with Crippen LogP contribution in [0.15, 0.2) is 30.3 Å². The monoisotopic (exact) mass is 264 g/mol. The van der Waals surface area contributed by atoms with Crippen molar-refractivity contribution >= 4 is 23.2 Å². The fourth-order valence-electron chi connectivity index (χ4n) is 2.83. The Bertz CT molecular complexity index is 441. The third-order valence-corrected chi connectivity index (χ3v) is 4.06. The molecule has 0 saturated heterocycles. The molecule has 0 amide bonds. The number of halogens is 1. The van der Waals surface area contributed by atoms with E-state index >= 15 is 0 Å². The standard InChI is InChI=1S/C15H17ClO2/c16-11-13(17)10-15(9-5-4-8-14(15)18)12-6-2-1-3-7-12/h1-3,6-7H,4-5,8-11H2. The lowest BCUT2D eigenvalue weighted by atomic mass is 9.66. The minimum absolute atomic E-state index is 0.0120. The van der Waals surface area contributed by atoms with Crippen LogP contribution in [-0.2, 0) is 15.0 Å². The molecule has 0 aliphatic heterocycles. The van der Waals surface area contributed by atoms with Gasteiger partial charge < -0.3 is 0 Å². The molecule has 1 atom stereocenters. The highest BCUT2D eigenvalue weighted by Crippen LogP contribution is 2.39. The van der Waals surface area contributed by atoms with E-state index in [9.17, 15) is 9.59 Å². The number of rotatable bonds is 4. The van der Waals surface area contributed by atoms with Crippen LogP contribution < -0.4 is 0 Å². The molecular formula is C15H17ClO2. The maximum Gasteiger partial charge on any atom is 0.148 e. The van der Waals surface area contributed by atoms with E-state index in [-0.39, 0.29) is 23.9 Å². The van der Waals surface area contributed by atoms with Crippen molar-refractivity contribution in [2.75, 3.05) is 5.88 Å². The second-order valence-electron chi connectivity index (χ2n) is 4.93. The quantitative estimate of drug-likeness (QED) is 0.782. The fraction of sp³-hybridized carbons (Fsp3) is 0.467. The van der Waals surface area contributed by atoms with Crippen LogP contribution in [0.25, 0.3) is 0 Å². The van der Waals surface area contributed by atoms with Crippen molar-refractivity contribution in [3.05, 3.63) is 35.9 Å². The molecule has 1 unspecified atom stereocenters. The van der Waals surface area contributed by atoms with Crippen LogP contribution in [0.1, 0.15) is 37.7 Å². The maximum atomic E-state index is 12.4. The lowest BCUT2D eigenvalue weighted by Gasteiger charge is -2.35. The van der Waals surface area contributed by atoms with Crippen molar-refractivity contribution in [2.45, 2.75) is 37.5 Å². The van der Waals surface area contributed by atoms with Gasteiger partial charge in [0.1, 0.15) is 11.6 Å². The average Bonchev–Trinajstić information content (AvgIpc) is 2.42. The molecule has 96 valence electrons. The summed E-state index contributed by atoms with van der Waals surface area (Å²) in [5.74, 6) is 0.135. The van der Waals surface area contributed by atoms with Gasteiger partial charge in [-0.25, -0.2) is 0 Å². The summed E-state index contributed by atoms with van der Waals surface area (Å²) in [6.45, 7) is 0. The minimum Gasteiger partial charge on any atom is -0.299 e. The Morgan fingerprint density at radius 3 is 2.56 bits per heavy atom. The van der Waals surface area contributed by atoms with Crippen molar-refractivity contribution in [3.63, 3.8) is 0 Å². The highest BCUT2D eigenvalue weighted by molar-refractivity contribution is 6.28. The topological polar surface area (TPSA) is 34.1 Å². The van der Waals surface area contributed by atoms with Crippen LogP contribution >= 0.6 is 11.6 Å². The summed E-state index contributed by atoms with van der Waals surface area (Å²) in [7, 11) is 0. The number of benzene rings is 1. The summed E-state index contributed by atoms with van der Waals surface area (Å²) >= 11 is 5.61. The second kappa shape index (κ2) is 5.66. The highest BCUT2D eigenvalue weighted by atomic mass is 35.5. The summed E-state index contributed by atoms with van der Waals surface area (Å²) in [6, 6.07) is 9.66. The second-order valence-corrected chi connectivity index (χ2v) is 5.19. The molecule has 0 N–H and O–H groups in total. The van der Waals surface area contributed by atoms with Crippen LogP contribution in [0.3, 0.4) is 0 Å². The minimum atomic E-state index is -0.620. The molecule has 1 aliphatic rings. The van der Waals surface area contributed by atoms with E-state index in [0.29, 0.717) is 6.42 Å². The lowest BCUT2D eigenvalue weighted by Crippen LogP contribution is -2.40. The largest absolute Gasteiger partial charge is 0.299 e. The van der Waals surface area contributed by atoms with Gasteiger partial charge in [-0.2, -0.15) is 0 Å². The Balaban J connectivity index is 2.39. The van der Waals surface area contributed by atoms with Crippen LogP contribution in [-0.4, -0.2) is 17.4 Å². The van der Waals surface area contributed by atoms with Gasteiger partial charge in [0.15, 0.2) is 0 Å². The van der Waals surface area contributed by atoms with E-state index < -0.39 is 5.41 Å². The van der Waals surface area contributed by atoms with Gasteiger partial charge in [0.25, 0.3) is 0 Å². The number of Topliss-reactive ketones (excluding diaryl/α,β-unsaturated/α-hetero) is 2. The first-order valence-electron chi connectivity index (χ1n) is 6.35. The smallest absolute Gasteiger partial charge is 0.148 e. The molecule has 1 fully saturated rings. The molecule has 0 spiro atoms. The van der Waals surface area contributed by atoms with E-state index in [4.69, 9.17) is 11.6 Å². The van der Waals surface area contributed by atoms with Gasteiger partial charge in [0.2, 0.25) is 0 Å². The molecule has 2 nitrogen and oxygen atoms in total. The van der Waals surface area contributed by atoms with E-state index in [1.54, 1.807) is 0 Å². The molecule has 18 heavy (non-hydrogen) atoms. The third-order valence-electron chi connectivity index (χ3n) is 3.77. The lowest BCUT2D eigenvalue weighted by molar-refractivity contribution is -0.130. The van der Waals surface area contributed by atoms with Crippen molar-refractivity contribution in [1.82, 2.24) is 0 Å². The van der Waals surface area contributed by atoms with E-state index in [2.05, 4.69) is 0 Å². The van der Waals surface area contributed by atoms with E-state index in [1.807, 2.05) is 30.3 Å². The molecule has 1 aromatic carbocycles. The summed E-state index contributed by atoms with van der Waals surface area (Å²) in [5.41, 5.74) is 0.346. The number of carbonyl (C=O) groups is 2. The number of ketones is 2. The summed E-state index contributed by atoms with van der Waals surface area (Å²) in [5, 5.41) is 0. The van der Waals surface area contributed by atoms with Crippen molar-refractivity contribution in [3.8, 4) is 0 Å². The van der Waals surface area contributed by atoms with Gasteiger partial charge in [-0.3, -0.25) is 9.59 Å². The van der Waals surface area contributed by atoms with Crippen LogP contribution in [0.4, 0.5) is 0 Å². The number of carbonyl (C=O) groups excluding carboxylic acids is 2. The van der Waals surface area contributed by atoms with Crippen molar-refractivity contribution in [2.24, 2.45) is 0 Å². The Hall–Kier alpha value is -1.15. The van der Waals surface area contributed by atoms with Gasteiger partial charge >= 0.3 is 0 Å². The predicted molar refractivity (Wildman–Crippen MR) is 71.9 cm³/mol. The predicted octanol–water partition coefficient (Wildman–Crippen LogP) is 3.27. The van der Waals surface area contributed by atoms with Crippen LogP contribution in [0.5, 0.6) is 0 Å². The Morgan fingerprint density at radius 1 is 1.22 bits per heavy atom. The Labute approximate surface area is 112 Å². The number of alkyl halides is 1. The first-order chi connectivity index (χ1) is 8.69. The molecule has 0 heterocycles. The van der Waals surface area contributed by atoms with Crippen LogP contribution in [0.2, 0.25) is 0 Å². The van der Waals surface area contributed by atoms with Gasteiger partial charge in [0, 0.05) is 12.8 Å². The summed E-state index contributed by atoms with van der Waals surface area (Å²) in [6.07, 6.45) is 3.51. The highest BCUT2D eigenvalue weighted by Gasteiger charge is 2.42. The fourth-order valence-corrected chi connectivity index (χ4v) is 2.92. The maximum absolute atomic E-state index is 12.4. The third kappa shape index (κ3) is 2.49. The van der Waals surface area contributed by atoms with E-state index in [1.165, 1.54) is 0 Å². The molecule has 0 aromatic heterocycles. The molecule has 0 radical (unpaired) electrons. The molecular weight excluding hydrogens is 248 g/mol. The number of hydrogen-bond acceptors (Lipinski definition) is 2. The summed E-state index contributed by atoms with van der Waals surface area (Å²) < 4.78 is 0. The Morgan fingerprint density at radius 2 is 1.94 bits per heavy atom. The zero-order chi connectivity index (χ0) is 13.0. The molecule has 1 aromatic rings. The summed E-state index contributed by atoms with van der Waals surface area (Å²) in [4.78, 5) is 24.1. The van der Waals surface area contributed by atoms with E-state index in [0.717, 1.165) is 24.8 Å². The molecule has 1 saturated carbocycles. The molecule has 0 bridgehead atoms. The zero-order valence-electron chi connectivity index (χ0n) is 10.3. The van der Waals surface area contributed by atoms with Gasteiger partial charge in [-0.1, -0.05) is 36.8 Å². The van der Waals surface area contributed by atoms with Gasteiger partial charge in [-0.05, 0) is 18.4 Å². The molecule has 3 heteroatoms.